The van der Waals surface area contributed by atoms with E-state index >= 15 is 0 Å². The highest BCUT2D eigenvalue weighted by Gasteiger charge is 2.38. The summed E-state index contributed by atoms with van der Waals surface area (Å²) >= 11 is 0. The molecule has 176 valence electrons. The third kappa shape index (κ3) is 4.69. The number of carbonyl (C=O) groups is 2. The molecular weight excluding hydrogens is 424 g/mol. The number of carbonyl (C=O) groups excluding carboxylic acids is 2. The maximum Gasteiger partial charge on any atom is 0.258 e. The number of hydrogen-bond donors (Lipinski definition) is 0. The smallest absolute Gasteiger partial charge is 0.258 e. The lowest BCUT2D eigenvalue weighted by atomic mass is 9.89. The van der Waals surface area contributed by atoms with Gasteiger partial charge in [-0.05, 0) is 61.7 Å². The number of anilines is 2. The Morgan fingerprint density at radius 1 is 1.00 bits per heavy atom. The maximum absolute atomic E-state index is 13.7. The largest absolute Gasteiger partial charge is 0.497 e. The maximum atomic E-state index is 13.7. The molecule has 0 N–H and O–H groups in total. The number of fused-ring (bicyclic) bond motifs is 1. The average Bonchev–Trinajstić information content (AvgIpc) is 2.88. The number of amides is 2. The predicted molar refractivity (Wildman–Crippen MR) is 137 cm³/mol. The monoisotopic (exact) mass is 456 g/mol. The number of para-hydroxylation sites is 2. The van der Waals surface area contributed by atoms with Crippen molar-refractivity contribution in [3.05, 3.63) is 90.0 Å². The van der Waals surface area contributed by atoms with E-state index in [1.165, 1.54) is 0 Å². The van der Waals surface area contributed by atoms with Gasteiger partial charge in [-0.1, -0.05) is 55.8 Å². The third-order valence-electron chi connectivity index (χ3n) is 6.45. The summed E-state index contributed by atoms with van der Waals surface area (Å²) in [6, 6.07) is 24.8. The minimum absolute atomic E-state index is 0.0686. The molecule has 0 saturated carbocycles. The molecule has 1 aliphatic heterocycles. The minimum Gasteiger partial charge on any atom is -0.497 e. The van der Waals surface area contributed by atoms with Crippen LogP contribution < -0.4 is 14.5 Å². The second-order valence-corrected chi connectivity index (χ2v) is 8.77. The van der Waals surface area contributed by atoms with E-state index in [4.69, 9.17) is 4.74 Å². The Kier molecular flexibility index (Phi) is 7.31. The summed E-state index contributed by atoms with van der Waals surface area (Å²) in [7, 11) is 1.60. The van der Waals surface area contributed by atoms with Gasteiger partial charge in [-0.3, -0.25) is 9.59 Å². The molecular formula is C29H32N2O3. The summed E-state index contributed by atoms with van der Waals surface area (Å²) in [5.74, 6) is 0.701. The molecule has 3 aromatic carbocycles. The number of benzene rings is 3. The molecule has 0 unspecified atom stereocenters. The van der Waals surface area contributed by atoms with Gasteiger partial charge in [0.25, 0.3) is 5.91 Å². The van der Waals surface area contributed by atoms with Gasteiger partial charge < -0.3 is 14.5 Å². The number of ether oxygens (including phenoxy) is 1. The van der Waals surface area contributed by atoms with Crippen LogP contribution in [-0.4, -0.2) is 25.0 Å². The summed E-state index contributed by atoms with van der Waals surface area (Å²) in [6.45, 7) is 4.15. The summed E-state index contributed by atoms with van der Waals surface area (Å²) in [5, 5.41) is 0. The second-order valence-electron chi connectivity index (χ2n) is 8.77. The minimum atomic E-state index is -0.146. The topological polar surface area (TPSA) is 49.9 Å². The molecule has 0 radical (unpaired) electrons. The van der Waals surface area contributed by atoms with Gasteiger partial charge in [0, 0.05) is 29.4 Å². The molecule has 2 atom stereocenters. The summed E-state index contributed by atoms with van der Waals surface area (Å²) in [5.41, 5.74) is 3.32. The molecule has 0 fully saturated rings. The summed E-state index contributed by atoms with van der Waals surface area (Å²) in [6.07, 6.45) is 2.98. The van der Waals surface area contributed by atoms with Crippen molar-refractivity contribution in [1.82, 2.24) is 0 Å². The van der Waals surface area contributed by atoms with Crippen molar-refractivity contribution >= 4 is 23.2 Å². The van der Waals surface area contributed by atoms with Crippen LogP contribution in [-0.2, 0) is 4.79 Å². The van der Waals surface area contributed by atoms with Crippen LogP contribution in [0.4, 0.5) is 11.4 Å². The number of hydrogen-bond acceptors (Lipinski definition) is 3. The van der Waals surface area contributed by atoms with Gasteiger partial charge in [0.15, 0.2) is 0 Å². The molecule has 5 heteroatoms. The van der Waals surface area contributed by atoms with Crippen molar-refractivity contribution in [3.8, 4) is 5.75 Å². The van der Waals surface area contributed by atoms with E-state index in [-0.39, 0.29) is 23.9 Å². The number of unbranched alkanes of at least 4 members (excludes halogenated alkanes) is 1. The van der Waals surface area contributed by atoms with E-state index in [9.17, 15) is 9.59 Å². The standard InChI is InChI=1S/C29H32N2O3/c1-4-5-18-28(32)31(23-13-7-6-8-14-23)27-19-21(2)30(26-17-10-9-16-25(26)27)29(33)22-12-11-15-24(20-22)34-3/h6-17,20-21,27H,4-5,18-19H2,1-3H3/t21-,27+/m1/s1. The third-order valence-corrected chi connectivity index (χ3v) is 6.45. The molecule has 1 heterocycles. The van der Waals surface area contributed by atoms with Gasteiger partial charge in [-0.25, -0.2) is 0 Å². The van der Waals surface area contributed by atoms with E-state index in [0.717, 1.165) is 29.8 Å². The molecule has 0 saturated heterocycles. The van der Waals surface area contributed by atoms with E-state index in [2.05, 4.69) is 13.8 Å². The van der Waals surface area contributed by atoms with Gasteiger partial charge in [-0.2, -0.15) is 0 Å². The quantitative estimate of drug-likeness (QED) is 0.413. The highest BCUT2D eigenvalue weighted by molar-refractivity contribution is 6.08. The molecule has 34 heavy (non-hydrogen) atoms. The molecule has 5 nitrogen and oxygen atoms in total. The summed E-state index contributed by atoms with van der Waals surface area (Å²) in [4.78, 5) is 30.9. The van der Waals surface area contributed by atoms with Crippen LogP contribution in [0.25, 0.3) is 0 Å². The lowest BCUT2D eigenvalue weighted by molar-refractivity contribution is -0.119. The molecule has 4 rings (SSSR count). The zero-order chi connectivity index (χ0) is 24.1. The van der Waals surface area contributed by atoms with Gasteiger partial charge in [0.05, 0.1) is 13.2 Å². The number of rotatable bonds is 7. The van der Waals surface area contributed by atoms with Crippen molar-refractivity contribution in [2.24, 2.45) is 0 Å². The Hall–Kier alpha value is -3.60. The molecule has 3 aromatic rings. The van der Waals surface area contributed by atoms with Crippen molar-refractivity contribution < 1.29 is 14.3 Å². The van der Waals surface area contributed by atoms with E-state index in [0.29, 0.717) is 24.2 Å². The Balaban J connectivity index is 1.76. The van der Waals surface area contributed by atoms with Gasteiger partial charge in [0.2, 0.25) is 5.91 Å². The van der Waals surface area contributed by atoms with Gasteiger partial charge >= 0.3 is 0 Å². The SMILES string of the molecule is CCCCC(=O)N(c1ccccc1)[C@H]1C[C@@H](C)N(C(=O)c2cccc(OC)c2)c2ccccc21. The lowest BCUT2D eigenvalue weighted by Gasteiger charge is -2.43. The van der Waals surface area contributed by atoms with Crippen molar-refractivity contribution in [2.75, 3.05) is 16.9 Å². The van der Waals surface area contributed by atoms with Crippen LogP contribution in [0.15, 0.2) is 78.9 Å². The first-order valence-electron chi connectivity index (χ1n) is 12.0. The van der Waals surface area contributed by atoms with E-state index in [1.54, 1.807) is 13.2 Å². The number of methoxy groups -OCH3 is 1. The molecule has 0 aliphatic carbocycles. The first kappa shape index (κ1) is 23.6. The van der Waals surface area contributed by atoms with Crippen molar-refractivity contribution in [2.45, 2.75) is 51.6 Å². The van der Waals surface area contributed by atoms with Crippen LogP contribution >= 0.6 is 0 Å². The van der Waals surface area contributed by atoms with Gasteiger partial charge in [-0.15, -0.1) is 0 Å². The molecule has 0 spiro atoms. The van der Waals surface area contributed by atoms with E-state index < -0.39 is 0 Å². The second kappa shape index (κ2) is 10.6. The first-order chi connectivity index (χ1) is 16.5. The van der Waals surface area contributed by atoms with Crippen LogP contribution in [0.3, 0.4) is 0 Å². The average molecular weight is 457 g/mol. The first-order valence-corrected chi connectivity index (χ1v) is 12.0. The molecule has 0 bridgehead atoms. The predicted octanol–water partition coefficient (Wildman–Crippen LogP) is 6.40. The molecule has 1 aliphatic rings. The highest BCUT2D eigenvalue weighted by Crippen LogP contribution is 2.43. The highest BCUT2D eigenvalue weighted by atomic mass is 16.5. The van der Waals surface area contributed by atoms with Crippen molar-refractivity contribution in [1.29, 1.82) is 0 Å². The van der Waals surface area contributed by atoms with Gasteiger partial charge in [0.1, 0.15) is 5.75 Å². The van der Waals surface area contributed by atoms with Crippen LogP contribution in [0.1, 0.15) is 61.5 Å². The van der Waals surface area contributed by atoms with Crippen molar-refractivity contribution in [3.63, 3.8) is 0 Å². The number of nitrogens with zero attached hydrogens (tertiary/aromatic N) is 2. The Morgan fingerprint density at radius 3 is 2.47 bits per heavy atom. The Morgan fingerprint density at radius 2 is 1.74 bits per heavy atom. The van der Waals surface area contributed by atoms with Crippen LogP contribution in [0, 0.1) is 0 Å². The van der Waals surface area contributed by atoms with Crippen LogP contribution in [0.2, 0.25) is 0 Å². The Labute approximate surface area is 202 Å². The van der Waals surface area contributed by atoms with Crippen LogP contribution in [0.5, 0.6) is 5.75 Å². The zero-order valence-corrected chi connectivity index (χ0v) is 20.1. The summed E-state index contributed by atoms with van der Waals surface area (Å²) < 4.78 is 5.33. The fraction of sp³-hybridized carbons (Fsp3) is 0.310. The fourth-order valence-electron chi connectivity index (χ4n) is 4.77. The Bertz CT molecular complexity index is 1140. The lowest BCUT2D eigenvalue weighted by Crippen LogP contribution is -2.47. The fourth-order valence-corrected chi connectivity index (χ4v) is 4.77. The normalized spacial score (nSPS) is 17.1. The zero-order valence-electron chi connectivity index (χ0n) is 20.1. The van der Waals surface area contributed by atoms with E-state index in [1.807, 2.05) is 82.6 Å². The molecule has 0 aromatic heterocycles. The molecule has 2 amide bonds.